The van der Waals surface area contributed by atoms with Crippen molar-refractivity contribution in [3.63, 3.8) is 0 Å². The van der Waals surface area contributed by atoms with Gasteiger partial charge in [0.1, 0.15) is 0 Å². The Morgan fingerprint density at radius 3 is 2.76 bits per heavy atom. The molecule has 21 heavy (non-hydrogen) atoms. The van der Waals surface area contributed by atoms with E-state index >= 15 is 0 Å². The van der Waals surface area contributed by atoms with Gasteiger partial charge in [-0.25, -0.2) is 0 Å². The topological polar surface area (TPSA) is 101 Å². The van der Waals surface area contributed by atoms with Gasteiger partial charge in [0, 0.05) is 31.7 Å². The van der Waals surface area contributed by atoms with Crippen LogP contribution in [0.15, 0.2) is 24.3 Å². The van der Waals surface area contributed by atoms with Gasteiger partial charge in [-0.1, -0.05) is 18.2 Å². The molecule has 0 aromatic heterocycles. The van der Waals surface area contributed by atoms with Gasteiger partial charge in [0.25, 0.3) is 0 Å². The Labute approximate surface area is 124 Å². The summed E-state index contributed by atoms with van der Waals surface area (Å²) in [7, 11) is 0. The second-order valence-electron chi connectivity index (χ2n) is 5.35. The van der Waals surface area contributed by atoms with Crippen molar-refractivity contribution < 1.29 is 9.59 Å². The third-order valence-corrected chi connectivity index (χ3v) is 3.84. The normalized spacial score (nSPS) is 18.6. The van der Waals surface area contributed by atoms with Crippen LogP contribution in [0.5, 0.6) is 0 Å². The highest BCUT2D eigenvalue weighted by molar-refractivity contribution is 5.91. The smallest absolute Gasteiger partial charge is 0.225 e. The van der Waals surface area contributed by atoms with Crippen LogP contribution in [0, 0.1) is 5.92 Å². The van der Waals surface area contributed by atoms with E-state index in [2.05, 4.69) is 10.2 Å². The molecule has 5 N–H and O–H groups in total. The van der Waals surface area contributed by atoms with Crippen molar-refractivity contribution >= 4 is 17.5 Å². The fourth-order valence-corrected chi connectivity index (χ4v) is 2.56. The summed E-state index contributed by atoms with van der Waals surface area (Å²) >= 11 is 0. The third-order valence-electron chi connectivity index (χ3n) is 3.84. The highest BCUT2D eigenvalue weighted by atomic mass is 16.2. The van der Waals surface area contributed by atoms with E-state index < -0.39 is 0 Å². The molecule has 0 spiro atoms. The molecule has 1 aliphatic rings. The van der Waals surface area contributed by atoms with Gasteiger partial charge in [0.15, 0.2) is 0 Å². The molecule has 1 heterocycles. The predicted octanol–water partition coefficient (Wildman–Crippen LogP) is 0.281. The zero-order chi connectivity index (χ0) is 15.2. The Morgan fingerprint density at radius 2 is 2.10 bits per heavy atom. The number of likely N-dealkylation sites (tertiary alicyclic amines) is 1. The van der Waals surface area contributed by atoms with E-state index in [-0.39, 0.29) is 17.7 Å². The molecule has 1 aliphatic heterocycles. The lowest BCUT2D eigenvalue weighted by Crippen LogP contribution is -2.29. The first-order valence-electron chi connectivity index (χ1n) is 7.19. The maximum absolute atomic E-state index is 12.0. The molecule has 6 nitrogen and oxygen atoms in total. The van der Waals surface area contributed by atoms with E-state index in [0.29, 0.717) is 26.1 Å². The van der Waals surface area contributed by atoms with Crippen LogP contribution in [-0.4, -0.2) is 36.3 Å². The minimum Gasteiger partial charge on any atom is -0.369 e. The highest BCUT2D eigenvalue weighted by Crippen LogP contribution is 2.17. The number of amides is 2. The fraction of sp³-hybridized carbons (Fsp3) is 0.467. The monoisotopic (exact) mass is 290 g/mol. The number of nitrogens with zero attached hydrogens (tertiary/aromatic N) is 1. The molecular formula is C15H22N4O2. The molecule has 1 aromatic carbocycles. The lowest BCUT2D eigenvalue weighted by atomic mass is 10.1. The summed E-state index contributed by atoms with van der Waals surface area (Å²) in [6.45, 7) is 2.51. The summed E-state index contributed by atoms with van der Waals surface area (Å²) in [5.74, 6) is -0.372. The molecule has 1 fully saturated rings. The number of nitrogens with one attached hydrogen (secondary N) is 1. The van der Waals surface area contributed by atoms with Gasteiger partial charge in [-0.05, 0) is 24.6 Å². The summed E-state index contributed by atoms with van der Waals surface area (Å²) in [5.41, 5.74) is 12.6. The Morgan fingerprint density at radius 1 is 1.33 bits per heavy atom. The van der Waals surface area contributed by atoms with Crippen molar-refractivity contribution in [3.8, 4) is 0 Å². The molecule has 1 atom stereocenters. The predicted molar refractivity (Wildman–Crippen MR) is 81.3 cm³/mol. The average molecular weight is 290 g/mol. The Balaban J connectivity index is 1.79. The molecule has 2 rings (SSSR count). The molecule has 0 aliphatic carbocycles. The number of anilines is 1. The molecule has 0 saturated carbocycles. The number of carbonyl (C=O) groups excluding carboxylic acids is 2. The van der Waals surface area contributed by atoms with Gasteiger partial charge in [-0.15, -0.1) is 0 Å². The molecule has 0 radical (unpaired) electrons. The minimum atomic E-state index is -0.251. The van der Waals surface area contributed by atoms with Crippen LogP contribution < -0.4 is 16.8 Å². The molecule has 2 amide bonds. The van der Waals surface area contributed by atoms with Crippen molar-refractivity contribution in [2.24, 2.45) is 17.4 Å². The summed E-state index contributed by atoms with van der Waals surface area (Å²) in [6, 6.07) is 7.51. The van der Waals surface area contributed by atoms with Gasteiger partial charge in [0.05, 0.1) is 5.92 Å². The molecule has 6 heteroatoms. The SMILES string of the molecule is NCc1ccccc1NC(=O)CCN1CCC(C(N)=O)C1. The first-order chi connectivity index (χ1) is 10.1. The zero-order valence-electron chi connectivity index (χ0n) is 12.0. The van der Waals surface area contributed by atoms with Crippen molar-refractivity contribution in [2.45, 2.75) is 19.4 Å². The van der Waals surface area contributed by atoms with E-state index in [1.54, 1.807) is 0 Å². The van der Waals surface area contributed by atoms with E-state index in [4.69, 9.17) is 11.5 Å². The summed E-state index contributed by atoms with van der Waals surface area (Å²) < 4.78 is 0. The van der Waals surface area contributed by atoms with Gasteiger partial charge in [0.2, 0.25) is 11.8 Å². The molecule has 1 unspecified atom stereocenters. The van der Waals surface area contributed by atoms with Gasteiger partial charge in [-0.3, -0.25) is 9.59 Å². The van der Waals surface area contributed by atoms with E-state index in [1.165, 1.54) is 0 Å². The quantitative estimate of drug-likeness (QED) is 0.700. The number of benzene rings is 1. The molecule has 1 aromatic rings. The van der Waals surface area contributed by atoms with E-state index in [9.17, 15) is 9.59 Å². The number of hydrogen-bond acceptors (Lipinski definition) is 4. The number of hydrogen-bond donors (Lipinski definition) is 3. The van der Waals surface area contributed by atoms with E-state index in [1.807, 2.05) is 24.3 Å². The molecule has 0 bridgehead atoms. The maximum atomic E-state index is 12.0. The van der Waals surface area contributed by atoms with Gasteiger partial charge in [-0.2, -0.15) is 0 Å². The lowest BCUT2D eigenvalue weighted by Gasteiger charge is -2.15. The molecule has 114 valence electrons. The Kier molecular flexibility index (Phi) is 5.30. The average Bonchev–Trinajstić information content (AvgIpc) is 2.95. The molecule has 1 saturated heterocycles. The first kappa shape index (κ1) is 15.5. The van der Waals surface area contributed by atoms with Crippen LogP contribution in [0.3, 0.4) is 0 Å². The first-order valence-corrected chi connectivity index (χ1v) is 7.19. The van der Waals surface area contributed by atoms with Gasteiger partial charge >= 0.3 is 0 Å². The number of primary amides is 1. The fourth-order valence-electron chi connectivity index (χ4n) is 2.56. The lowest BCUT2D eigenvalue weighted by molar-refractivity contribution is -0.121. The maximum Gasteiger partial charge on any atom is 0.225 e. The number of para-hydroxylation sites is 1. The number of rotatable bonds is 6. The summed E-state index contributed by atoms with van der Waals surface area (Å²) in [5, 5.41) is 2.88. The van der Waals surface area contributed by atoms with Crippen molar-refractivity contribution in [1.29, 1.82) is 0 Å². The standard InChI is InChI=1S/C15H22N4O2/c16-9-11-3-1-2-4-13(11)18-14(20)6-8-19-7-5-12(10-19)15(17)21/h1-4,12H,5-10,16H2,(H2,17,21)(H,18,20). The van der Waals surface area contributed by atoms with Crippen molar-refractivity contribution in [2.75, 3.05) is 25.0 Å². The Hall–Kier alpha value is -1.92. The van der Waals surface area contributed by atoms with Gasteiger partial charge < -0.3 is 21.7 Å². The van der Waals surface area contributed by atoms with Crippen molar-refractivity contribution in [3.05, 3.63) is 29.8 Å². The van der Waals surface area contributed by atoms with Crippen LogP contribution in [-0.2, 0) is 16.1 Å². The van der Waals surface area contributed by atoms with Crippen LogP contribution in [0.2, 0.25) is 0 Å². The zero-order valence-corrected chi connectivity index (χ0v) is 12.0. The van der Waals surface area contributed by atoms with E-state index in [0.717, 1.165) is 24.2 Å². The van der Waals surface area contributed by atoms with Crippen LogP contribution in [0.1, 0.15) is 18.4 Å². The molecular weight excluding hydrogens is 268 g/mol. The van der Waals surface area contributed by atoms with Crippen LogP contribution in [0.4, 0.5) is 5.69 Å². The van der Waals surface area contributed by atoms with Crippen molar-refractivity contribution in [1.82, 2.24) is 4.90 Å². The largest absolute Gasteiger partial charge is 0.369 e. The third kappa shape index (κ3) is 4.27. The summed E-state index contributed by atoms with van der Waals surface area (Å²) in [4.78, 5) is 25.2. The second-order valence-corrected chi connectivity index (χ2v) is 5.35. The summed E-state index contributed by atoms with van der Waals surface area (Å²) in [6.07, 6.45) is 1.18. The number of nitrogens with two attached hydrogens (primary N) is 2. The van der Waals surface area contributed by atoms with Crippen LogP contribution >= 0.6 is 0 Å². The Bertz CT molecular complexity index is 518. The highest BCUT2D eigenvalue weighted by Gasteiger charge is 2.26. The minimum absolute atomic E-state index is 0.0431. The second kappa shape index (κ2) is 7.19. The van der Waals surface area contributed by atoms with Crippen LogP contribution in [0.25, 0.3) is 0 Å². The number of carbonyl (C=O) groups is 2.